The summed E-state index contributed by atoms with van der Waals surface area (Å²) < 4.78 is 0. The predicted octanol–water partition coefficient (Wildman–Crippen LogP) is -0.597. The summed E-state index contributed by atoms with van der Waals surface area (Å²) in [6.07, 6.45) is 0. The van der Waals surface area contributed by atoms with Gasteiger partial charge in [0, 0.05) is 12.2 Å². The number of anilines is 1. The lowest BCUT2D eigenvalue weighted by Crippen LogP contribution is -2.38. The van der Waals surface area contributed by atoms with E-state index in [1.54, 1.807) is 18.2 Å². The van der Waals surface area contributed by atoms with Gasteiger partial charge >= 0.3 is 0 Å². The summed E-state index contributed by atoms with van der Waals surface area (Å²) in [5.41, 5.74) is 12.4. The zero-order chi connectivity index (χ0) is 11.3. The Labute approximate surface area is 88.1 Å². The van der Waals surface area contributed by atoms with Gasteiger partial charge in [0.2, 0.25) is 5.91 Å². The number of aliphatic hydroxyl groups is 1. The van der Waals surface area contributed by atoms with Crippen LogP contribution >= 0.6 is 0 Å². The number of benzene rings is 1. The average Bonchev–Trinajstić information content (AvgIpc) is 2.28. The molecule has 1 aromatic carbocycles. The van der Waals surface area contributed by atoms with Crippen LogP contribution in [0.3, 0.4) is 0 Å². The summed E-state index contributed by atoms with van der Waals surface area (Å²) in [4.78, 5) is 11.3. The van der Waals surface area contributed by atoms with E-state index in [1.807, 2.05) is 6.07 Å². The van der Waals surface area contributed by atoms with Crippen LogP contribution in [0.15, 0.2) is 24.3 Å². The molecule has 0 aliphatic rings. The molecule has 0 bridgehead atoms. The largest absolute Gasteiger partial charge is 0.394 e. The highest BCUT2D eigenvalue weighted by atomic mass is 16.3. The van der Waals surface area contributed by atoms with E-state index in [2.05, 4.69) is 5.32 Å². The molecule has 0 saturated heterocycles. The minimum Gasteiger partial charge on any atom is -0.394 e. The molecule has 0 saturated carbocycles. The molecular weight excluding hydrogens is 194 g/mol. The van der Waals surface area contributed by atoms with Gasteiger partial charge in [-0.15, -0.1) is 0 Å². The molecule has 5 nitrogen and oxygen atoms in total. The summed E-state index contributed by atoms with van der Waals surface area (Å²) in [6.45, 7) is 0.0399. The smallest absolute Gasteiger partial charge is 0.243 e. The summed E-state index contributed by atoms with van der Waals surface area (Å²) in [7, 11) is 0. The van der Waals surface area contributed by atoms with E-state index in [0.717, 1.165) is 5.56 Å². The van der Waals surface area contributed by atoms with Gasteiger partial charge in [-0.25, -0.2) is 0 Å². The first-order chi connectivity index (χ1) is 7.17. The van der Waals surface area contributed by atoms with E-state index >= 15 is 0 Å². The zero-order valence-electron chi connectivity index (χ0n) is 8.31. The fourth-order valence-electron chi connectivity index (χ4n) is 1.09. The third-order valence-electron chi connectivity index (χ3n) is 1.96. The van der Waals surface area contributed by atoms with Gasteiger partial charge in [-0.3, -0.25) is 4.79 Å². The molecule has 1 rings (SSSR count). The second-order valence-electron chi connectivity index (χ2n) is 3.18. The molecule has 0 aromatic heterocycles. The van der Waals surface area contributed by atoms with Crippen LogP contribution in [0.4, 0.5) is 5.69 Å². The molecular formula is C10H15N3O2. The fourth-order valence-corrected chi connectivity index (χ4v) is 1.09. The van der Waals surface area contributed by atoms with Crippen LogP contribution in [0.1, 0.15) is 5.56 Å². The molecule has 15 heavy (non-hydrogen) atoms. The van der Waals surface area contributed by atoms with Gasteiger partial charge in [0.25, 0.3) is 0 Å². The Hall–Kier alpha value is -1.43. The van der Waals surface area contributed by atoms with E-state index < -0.39 is 11.9 Å². The average molecular weight is 209 g/mol. The van der Waals surface area contributed by atoms with Crippen molar-refractivity contribution in [3.05, 3.63) is 29.8 Å². The quantitative estimate of drug-likeness (QED) is 0.532. The van der Waals surface area contributed by atoms with Crippen molar-refractivity contribution >= 4 is 11.6 Å². The maximum Gasteiger partial charge on any atom is 0.243 e. The maximum absolute atomic E-state index is 11.3. The molecule has 0 aliphatic heterocycles. The Morgan fingerprint density at radius 3 is 2.87 bits per heavy atom. The number of nitrogens with one attached hydrogen (secondary N) is 1. The van der Waals surface area contributed by atoms with Crippen LogP contribution in [0.25, 0.3) is 0 Å². The van der Waals surface area contributed by atoms with Gasteiger partial charge in [0.1, 0.15) is 6.04 Å². The highest BCUT2D eigenvalue weighted by Gasteiger charge is 2.11. The first-order valence-electron chi connectivity index (χ1n) is 4.63. The molecule has 0 aliphatic carbocycles. The van der Waals surface area contributed by atoms with Gasteiger partial charge in [0.05, 0.1) is 6.61 Å². The summed E-state index contributed by atoms with van der Waals surface area (Å²) in [5.74, 6) is -0.410. The zero-order valence-corrected chi connectivity index (χ0v) is 8.31. The Bertz CT molecular complexity index is 341. The van der Waals surface area contributed by atoms with Gasteiger partial charge in [-0.2, -0.15) is 0 Å². The van der Waals surface area contributed by atoms with E-state index in [4.69, 9.17) is 16.6 Å². The molecule has 6 N–H and O–H groups in total. The second-order valence-corrected chi connectivity index (χ2v) is 3.18. The number of hydrogen-bond acceptors (Lipinski definition) is 4. The third-order valence-corrected chi connectivity index (χ3v) is 1.96. The Morgan fingerprint density at radius 1 is 1.53 bits per heavy atom. The molecule has 0 spiro atoms. The van der Waals surface area contributed by atoms with Gasteiger partial charge in [0.15, 0.2) is 0 Å². The lowest BCUT2D eigenvalue weighted by Gasteiger charge is -2.10. The second kappa shape index (κ2) is 5.45. The SMILES string of the molecule is NCc1cccc(NC(=O)C(N)CO)c1. The lowest BCUT2D eigenvalue weighted by molar-refractivity contribution is -0.118. The number of nitrogens with two attached hydrogens (primary N) is 2. The molecule has 0 fully saturated rings. The Balaban J connectivity index is 2.68. The molecule has 0 heterocycles. The van der Waals surface area contributed by atoms with Crippen molar-refractivity contribution in [2.45, 2.75) is 12.6 Å². The molecule has 1 atom stereocenters. The van der Waals surface area contributed by atoms with Crippen molar-refractivity contribution < 1.29 is 9.90 Å². The van der Waals surface area contributed by atoms with Crippen LogP contribution in [-0.4, -0.2) is 23.7 Å². The van der Waals surface area contributed by atoms with Crippen LogP contribution in [0.2, 0.25) is 0 Å². The van der Waals surface area contributed by atoms with Crippen molar-refractivity contribution in [1.29, 1.82) is 0 Å². The predicted molar refractivity (Wildman–Crippen MR) is 58.0 cm³/mol. The minimum absolute atomic E-state index is 0.373. The third kappa shape index (κ3) is 3.32. The number of aliphatic hydroxyl groups excluding tert-OH is 1. The summed E-state index contributed by atoms with van der Waals surface area (Å²) >= 11 is 0. The first kappa shape index (κ1) is 11.6. The highest BCUT2D eigenvalue weighted by molar-refractivity contribution is 5.94. The number of rotatable bonds is 4. The van der Waals surface area contributed by atoms with Crippen molar-refractivity contribution in [2.24, 2.45) is 11.5 Å². The maximum atomic E-state index is 11.3. The monoisotopic (exact) mass is 209 g/mol. The van der Waals surface area contributed by atoms with E-state index in [1.165, 1.54) is 0 Å². The van der Waals surface area contributed by atoms with Gasteiger partial charge in [-0.05, 0) is 17.7 Å². The Kier molecular flexibility index (Phi) is 4.23. The van der Waals surface area contributed by atoms with E-state index in [0.29, 0.717) is 12.2 Å². The van der Waals surface area contributed by atoms with Crippen molar-refractivity contribution in [3.8, 4) is 0 Å². The van der Waals surface area contributed by atoms with Crippen molar-refractivity contribution in [2.75, 3.05) is 11.9 Å². The molecule has 5 heteroatoms. The standard InChI is InChI=1S/C10H15N3O2/c11-5-7-2-1-3-8(4-7)13-10(15)9(12)6-14/h1-4,9,14H,5-6,11-12H2,(H,13,15). The van der Waals surface area contributed by atoms with Gasteiger partial charge in [-0.1, -0.05) is 12.1 Å². The number of hydrogen-bond donors (Lipinski definition) is 4. The minimum atomic E-state index is -0.897. The molecule has 0 radical (unpaired) electrons. The molecule has 82 valence electrons. The normalized spacial score (nSPS) is 12.2. The van der Waals surface area contributed by atoms with Crippen LogP contribution in [0, 0.1) is 0 Å². The number of carbonyl (C=O) groups excluding carboxylic acids is 1. The number of carbonyl (C=O) groups is 1. The number of amides is 1. The van der Waals surface area contributed by atoms with E-state index in [9.17, 15) is 4.79 Å². The molecule has 1 aromatic rings. The lowest BCUT2D eigenvalue weighted by atomic mass is 10.2. The van der Waals surface area contributed by atoms with Gasteiger partial charge < -0.3 is 21.9 Å². The highest BCUT2D eigenvalue weighted by Crippen LogP contribution is 2.10. The van der Waals surface area contributed by atoms with Crippen LogP contribution < -0.4 is 16.8 Å². The molecule has 1 unspecified atom stereocenters. The van der Waals surface area contributed by atoms with Crippen molar-refractivity contribution in [3.63, 3.8) is 0 Å². The topological polar surface area (TPSA) is 101 Å². The Morgan fingerprint density at radius 2 is 2.27 bits per heavy atom. The van der Waals surface area contributed by atoms with E-state index in [-0.39, 0.29) is 6.61 Å². The van der Waals surface area contributed by atoms with Crippen LogP contribution in [0.5, 0.6) is 0 Å². The van der Waals surface area contributed by atoms with Crippen molar-refractivity contribution in [1.82, 2.24) is 0 Å². The summed E-state index contributed by atoms with van der Waals surface area (Å²) in [6, 6.07) is 6.26. The van der Waals surface area contributed by atoms with Crippen LogP contribution in [-0.2, 0) is 11.3 Å². The molecule has 1 amide bonds. The first-order valence-corrected chi connectivity index (χ1v) is 4.63. The summed E-state index contributed by atoms with van der Waals surface area (Å²) in [5, 5.41) is 11.3. The fraction of sp³-hybridized carbons (Fsp3) is 0.300.